The Hall–Kier alpha value is -4.46. The van der Waals surface area contributed by atoms with Gasteiger partial charge in [0, 0.05) is 36.6 Å². The predicted octanol–water partition coefficient (Wildman–Crippen LogP) is 3.91. The largest absolute Gasteiger partial charge is 0.444 e. The molecule has 1 saturated heterocycles. The highest BCUT2D eigenvalue weighted by Gasteiger charge is 2.27. The van der Waals surface area contributed by atoms with Crippen LogP contribution in [0.2, 0.25) is 0 Å². The van der Waals surface area contributed by atoms with Crippen LogP contribution in [0, 0.1) is 11.3 Å². The van der Waals surface area contributed by atoms with Gasteiger partial charge in [0.05, 0.1) is 29.7 Å². The Bertz CT molecular complexity index is 1280. The molecule has 2 N–H and O–H groups in total. The lowest BCUT2D eigenvalue weighted by atomic mass is 10.1. The van der Waals surface area contributed by atoms with E-state index in [-0.39, 0.29) is 24.6 Å². The highest BCUT2D eigenvalue weighted by atomic mass is 16.6. The number of ether oxygens (including phenoxy) is 1. The van der Waals surface area contributed by atoms with E-state index in [0.717, 1.165) is 24.1 Å². The number of aromatic nitrogens is 4. The number of hydrogen-bond donors (Lipinski definition) is 2. The zero-order chi connectivity index (χ0) is 26.4. The summed E-state index contributed by atoms with van der Waals surface area (Å²) in [5.41, 5.74) is 2.25. The van der Waals surface area contributed by atoms with Gasteiger partial charge in [0.15, 0.2) is 0 Å². The molecule has 11 nitrogen and oxygen atoms in total. The van der Waals surface area contributed by atoms with Crippen LogP contribution in [-0.4, -0.2) is 61.9 Å². The standard InChI is InChI=1S/C26H30N8O3/c1-26(2,3)37-25(36)33-14-9-21(10-15-33)34-17-20(16-30-34)31-24-29-12-8-22(32-24)18-4-6-19(7-5-18)23(35)28-13-11-27/h4-8,12,16-17,21H,9-10,13-15H2,1-3H3,(H,28,35)(H,29,31,32). The third kappa shape index (κ3) is 6.82. The Morgan fingerprint density at radius 1 is 1.16 bits per heavy atom. The number of likely N-dealkylation sites (tertiary alicyclic amines) is 1. The third-order valence-electron chi connectivity index (χ3n) is 5.77. The molecule has 1 aliphatic rings. The van der Waals surface area contributed by atoms with Crippen molar-refractivity contribution in [2.24, 2.45) is 0 Å². The quantitative estimate of drug-likeness (QED) is 0.484. The van der Waals surface area contributed by atoms with Crippen LogP contribution in [-0.2, 0) is 4.74 Å². The molecule has 4 rings (SSSR count). The van der Waals surface area contributed by atoms with Gasteiger partial charge in [-0.25, -0.2) is 14.8 Å². The van der Waals surface area contributed by atoms with E-state index in [1.807, 2.05) is 37.7 Å². The molecule has 3 heterocycles. The number of rotatable bonds is 6. The summed E-state index contributed by atoms with van der Waals surface area (Å²) in [7, 11) is 0. The number of nitriles is 1. The normalized spacial score (nSPS) is 14.1. The van der Waals surface area contributed by atoms with Gasteiger partial charge in [-0.15, -0.1) is 0 Å². The van der Waals surface area contributed by atoms with E-state index in [1.165, 1.54) is 0 Å². The molecule has 0 bridgehead atoms. The Morgan fingerprint density at radius 3 is 2.57 bits per heavy atom. The lowest BCUT2D eigenvalue weighted by Gasteiger charge is -2.33. The molecule has 37 heavy (non-hydrogen) atoms. The van der Waals surface area contributed by atoms with Gasteiger partial charge in [0.25, 0.3) is 5.91 Å². The van der Waals surface area contributed by atoms with E-state index < -0.39 is 5.60 Å². The van der Waals surface area contributed by atoms with Gasteiger partial charge >= 0.3 is 6.09 Å². The molecule has 1 aliphatic heterocycles. The molecule has 11 heteroatoms. The molecule has 192 valence electrons. The van der Waals surface area contributed by atoms with Crippen LogP contribution in [0.4, 0.5) is 16.4 Å². The first kappa shape index (κ1) is 25.6. The van der Waals surface area contributed by atoms with Gasteiger partial charge in [0.2, 0.25) is 5.95 Å². The first-order chi connectivity index (χ1) is 17.7. The third-order valence-corrected chi connectivity index (χ3v) is 5.77. The maximum Gasteiger partial charge on any atom is 0.410 e. The van der Waals surface area contributed by atoms with Crippen molar-refractivity contribution in [1.29, 1.82) is 5.26 Å². The minimum Gasteiger partial charge on any atom is -0.444 e. The van der Waals surface area contributed by atoms with E-state index in [1.54, 1.807) is 47.6 Å². The van der Waals surface area contributed by atoms with Crippen LogP contribution in [0.15, 0.2) is 48.9 Å². The zero-order valence-electron chi connectivity index (χ0n) is 21.1. The van der Waals surface area contributed by atoms with Crippen molar-refractivity contribution in [3.8, 4) is 17.3 Å². The van der Waals surface area contributed by atoms with Crippen LogP contribution in [0.5, 0.6) is 0 Å². The van der Waals surface area contributed by atoms with Gasteiger partial charge in [-0.1, -0.05) is 12.1 Å². The molecule has 0 radical (unpaired) electrons. The average Bonchev–Trinajstić information content (AvgIpc) is 3.35. The molecule has 0 unspecified atom stereocenters. The summed E-state index contributed by atoms with van der Waals surface area (Å²) in [6.45, 7) is 6.80. The minimum atomic E-state index is -0.506. The SMILES string of the molecule is CC(C)(C)OC(=O)N1CCC(n2cc(Nc3nccc(-c4ccc(C(=O)NCC#N)cc4)n3)cn2)CC1. The van der Waals surface area contributed by atoms with E-state index in [4.69, 9.17) is 10.00 Å². The van der Waals surface area contributed by atoms with Crippen molar-refractivity contribution in [1.82, 2.24) is 30.0 Å². The molecule has 0 spiro atoms. The monoisotopic (exact) mass is 502 g/mol. The number of amides is 2. The Kier molecular flexibility index (Phi) is 7.67. The van der Waals surface area contributed by atoms with Crippen LogP contribution in [0.3, 0.4) is 0 Å². The maximum absolute atomic E-state index is 12.3. The van der Waals surface area contributed by atoms with Gasteiger partial charge in [-0.05, 0) is 51.8 Å². The molecule has 3 aromatic rings. The van der Waals surface area contributed by atoms with Crippen LogP contribution < -0.4 is 10.6 Å². The van der Waals surface area contributed by atoms with E-state index in [9.17, 15) is 9.59 Å². The highest BCUT2D eigenvalue weighted by Crippen LogP contribution is 2.25. The van der Waals surface area contributed by atoms with E-state index in [0.29, 0.717) is 30.3 Å². The number of nitrogens with one attached hydrogen (secondary N) is 2. The van der Waals surface area contributed by atoms with Crippen molar-refractivity contribution >= 4 is 23.6 Å². The van der Waals surface area contributed by atoms with Crippen molar-refractivity contribution in [3.05, 3.63) is 54.5 Å². The van der Waals surface area contributed by atoms with Crippen molar-refractivity contribution in [3.63, 3.8) is 0 Å². The highest BCUT2D eigenvalue weighted by molar-refractivity contribution is 5.94. The molecule has 1 aromatic carbocycles. The smallest absolute Gasteiger partial charge is 0.410 e. The molecule has 2 amide bonds. The summed E-state index contributed by atoms with van der Waals surface area (Å²) in [5, 5.41) is 18.8. The number of benzene rings is 1. The number of piperidine rings is 1. The minimum absolute atomic E-state index is 0.0383. The van der Waals surface area contributed by atoms with Gasteiger partial charge in [0.1, 0.15) is 12.1 Å². The Balaban J connectivity index is 1.35. The van der Waals surface area contributed by atoms with Crippen molar-refractivity contribution in [2.75, 3.05) is 25.0 Å². The van der Waals surface area contributed by atoms with E-state index in [2.05, 4.69) is 25.7 Å². The lowest BCUT2D eigenvalue weighted by Crippen LogP contribution is -2.42. The van der Waals surface area contributed by atoms with Crippen LogP contribution >= 0.6 is 0 Å². The summed E-state index contributed by atoms with van der Waals surface area (Å²) in [5.74, 6) is 0.123. The first-order valence-electron chi connectivity index (χ1n) is 12.1. The average molecular weight is 503 g/mol. The summed E-state index contributed by atoms with van der Waals surface area (Å²) in [6.07, 6.45) is 6.61. The fraction of sp³-hybridized carbons (Fsp3) is 0.385. The van der Waals surface area contributed by atoms with Crippen molar-refractivity contribution in [2.45, 2.75) is 45.3 Å². The van der Waals surface area contributed by atoms with Crippen LogP contribution in [0.1, 0.15) is 50.0 Å². The maximum atomic E-state index is 12.3. The van der Waals surface area contributed by atoms with Gasteiger partial charge in [-0.3, -0.25) is 9.48 Å². The number of carbonyl (C=O) groups is 2. The predicted molar refractivity (Wildman–Crippen MR) is 137 cm³/mol. The Morgan fingerprint density at radius 2 is 1.89 bits per heavy atom. The second kappa shape index (κ2) is 11.1. The second-order valence-electron chi connectivity index (χ2n) is 9.72. The number of anilines is 2. The molecular weight excluding hydrogens is 472 g/mol. The summed E-state index contributed by atoms with van der Waals surface area (Å²) >= 11 is 0. The fourth-order valence-electron chi connectivity index (χ4n) is 3.96. The molecule has 0 aliphatic carbocycles. The van der Waals surface area contributed by atoms with Gasteiger partial charge < -0.3 is 20.3 Å². The summed E-state index contributed by atoms with van der Waals surface area (Å²) in [4.78, 5) is 34.9. The molecule has 2 aromatic heterocycles. The number of carbonyl (C=O) groups excluding carboxylic acids is 2. The van der Waals surface area contributed by atoms with Gasteiger partial charge in [-0.2, -0.15) is 10.4 Å². The number of nitrogens with zero attached hydrogens (tertiary/aromatic N) is 6. The van der Waals surface area contributed by atoms with Crippen molar-refractivity contribution < 1.29 is 14.3 Å². The fourth-order valence-corrected chi connectivity index (χ4v) is 3.96. The first-order valence-corrected chi connectivity index (χ1v) is 12.1. The Labute approximate surface area is 215 Å². The summed E-state index contributed by atoms with van der Waals surface area (Å²) in [6, 6.07) is 10.8. The lowest BCUT2D eigenvalue weighted by molar-refractivity contribution is 0.0184. The molecule has 0 saturated carbocycles. The van der Waals surface area contributed by atoms with Crippen LogP contribution in [0.25, 0.3) is 11.3 Å². The number of hydrogen-bond acceptors (Lipinski definition) is 8. The topological polar surface area (TPSA) is 138 Å². The molecule has 1 fully saturated rings. The zero-order valence-corrected chi connectivity index (χ0v) is 21.1. The second-order valence-corrected chi connectivity index (χ2v) is 9.72. The van der Waals surface area contributed by atoms with E-state index >= 15 is 0 Å². The summed E-state index contributed by atoms with van der Waals surface area (Å²) < 4.78 is 7.38. The molecule has 0 atom stereocenters. The molecular formula is C26H30N8O3.